The molecule has 0 aliphatic heterocycles. The summed E-state index contributed by atoms with van der Waals surface area (Å²) in [5.41, 5.74) is -0.0819. The predicted octanol–water partition coefficient (Wildman–Crippen LogP) is 3.81. The van der Waals surface area contributed by atoms with Crippen LogP contribution >= 0.6 is 0 Å². The van der Waals surface area contributed by atoms with E-state index >= 15 is 0 Å². The zero-order valence-electron chi connectivity index (χ0n) is 14.8. The van der Waals surface area contributed by atoms with E-state index in [-0.39, 0.29) is 22.0 Å². The molecule has 0 spiro atoms. The Bertz CT molecular complexity index is 1390. The summed E-state index contributed by atoms with van der Waals surface area (Å²) in [4.78, 5) is 37.2. The normalized spacial score (nSPS) is 11.5. The van der Waals surface area contributed by atoms with Gasteiger partial charge in [-0.2, -0.15) is 0 Å². The van der Waals surface area contributed by atoms with Crippen LogP contribution in [0.2, 0.25) is 0 Å². The number of benzene rings is 2. The molecule has 2 aromatic carbocycles. The van der Waals surface area contributed by atoms with Crippen LogP contribution in [-0.4, -0.2) is 10.9 Å². The number of aryl methyl sites for hydroxylation is 1. The molecule has 0 radical (unpaired) electrons. The minimum Gasteiger partial charge on any atom is -0.506 e. The molecular weight excluding hydrogens is 360 g/mol. The summed E-state index contributed by atoms with van der Waals surface area (Å²) < 4.78 is 10.5. The molecular formula is C22H14O6. The average molecular weight is 374 g/mol. The van der Waals surface area contributed by atoms with Crippen molar-refractivity contribution in [1.29, 1.82) is 0 Å². The highest BCUT2D eigenvalue weighted by Crippen LogP contribution is 2.26. The molecule has 2 aromatic heterocycles. The molecule has 0 unspecified atom stereocenters. The molecule has 4 rings (SSSR count). The van der Waals surface area contributed by atoms with Crippen LogP contribution in [0.4, 0.5) is 0 Å². The standard InChI is InChI=1S/C22H14O6/c1-12-6-9-17-15(10-12)20(24)13(11-27-17)7-8-16(23)19-21(25)14-4-2-3-5-18(14)28-22(19)26/h2-11,25H,1H3/b8-7+. The number of hydrogen-bond donors (Lipinski definition) is 1. The van der Waals surface area contributed by atoms with E-state index in [4.69, 9.17) is 8.83 Å². The van der Waals surface area contributed by atoms with Gasteiger partial charge < -0.3 is 13.9 Å². The maximum absolute atomic E-state index is 12.6. The summed E-state index contributed by atoms with van der Waals surface area (Å²) in [6, 6.07) is 11.6. The summed E-state index contributed by atoms with van der Waals surface area (Å²) >= 11 is 0. The van der Waals surface area contributed by atoms with E-state index in [1.807, 2.05) is 13.0 Å². The molecule has 0 bridgehead atoms. The van der Waals surface area contributed by atoms with E-state index in [1.165, 1.54) is 24.5 Å². The van der Waals surface area contributed by atoms with E-state index in [9.17, 15) is 19.5 Å². The van der Waals surface area contributed by atoms with E-state index in [1.54, 1.807) is 24.3 Å². The highest BCUT2D eigenvalue weighted by atomic mass is 16.4. The topological polar surface area (TPSA) is 97.7 Å². The Hall–Kier alpha value is -3.93. The first-order valence-corrected chi connectivity index (χ1v) is 8.45. The van der Waals surface area contributed by atoms with Gasteiger partial charge in [-0.1, -0.05) is 23.8 Å². The Morgan fingerprint density at radius 3 is 2.64 bits per heavy atom. The van der Waals surface area contributed by atoms with Gasteiger partial charge in [-0.3, -0.25) is 9.59 Å². The number of rotatable bonds is 3. The highest BCUT2D eigenvalue weighted by molar-refractivity contribution is 6.10. The largest absolute Gasteiger partial charge is 0.506 e. The Balaban J connectivity index is 1.77. The van der Waals surface area contributed by atoms with Crippen molar-refractivity contribution in [3.63, 3.8) is 0 Å². The second-order valence-corrected chi connectivity index (χ2v) is 6.33. The Labute approximate surface area is 158 Å². The first-order valence-electron chi connectivity index (χ1n) is 8.45. The lowest BCUT2D eigenvalue weighted by molar-refractivity contribution is 0.104. The number of carbonyl (C=O) groups excluding carboxylic acids is 1. The number of fused-ring (bicyclic) bond motifs is 2. The second-order valence-electron chi connectivity index (χ2n) is 6.33. The lowest BCUT2D eigenvalue weighted by Gasteiger charge is -2.03. The molecule has 0 fully saturated rings. The van der Waals surface area contributed by atoms with Crippen LogP contribution in [0.5, 0.6) is 5.75 Å². The number of para-hydroxylation sites is 1. The van der Waals surface area contributed by atoms with Gasteiger partial charge in [0.2, 0.25) is 0 Å². The predicted molar refractivity (Wildman–Crippen MR) is 105 cm³/mol. The molecule has 0 saturated heterocycles. The van der Waals surface area contributed by atoms with Crippen LogP contribution in [0.3, 0.4) is 0 Å². The monoisotopic (exact) mass is 374 g/mol. The fraction of sp³-hybridized carbons (Fsp3) is 0.0455. The first-order chi connectivity index (χ1) is 13.5. The van der Waals surface area contributed by atoms with Crippen molar-refractivity contribution in [2.45, 2.75) is 6.92 Å². The quantitative estimate of drug-likeness (QED) is 0.333. The minimum atomic E-state index is -0.952. The van der Waals surface area contributed by atoms with Crippen molar-refractivity contribution in [2.24, 2.45) is 0 Å². The van der Waals surface area contributed by atoms with Gasteiger partial charge in [0.05, 0.1) is 16.3 Å². The van der Waals surface area contributed by atoms with E-state index in [2.05, 4.69) is 0 Å². The molecule has 0 amide bonds. The van der Waals surface area contributed by atoms with Crippen molar-refractivity contribution < 1.29 is 18.7 Å². The molecule has 0 saturated carbocycles. The van der Waals surface area contributed by atoms with Gasteiger partial charge in [0.15, 0.2) is 11.2 Å². The van der Waals surface area contributed by atoms with Crippen LogP contribution in [0.25, 0.3) is 28.0 Å². The Morgan fingerprint density at radius 2 is 1.82 bits per heavy atom. The number of allylic oxidation sites excluding steroid dienone is 1. The van der Waals surface area contributed by atoms with E-state index in [0.717, 1.165) is 11.6 Å². The van der Waals surface area contributed by atoms with Gasteiger partial charge in [0.25, 0.3) is 0 Å². The smallest absolute Gasteiger partial charge is 0.351 e. The van der Waals surface area contributed by atoms with Crippen LogP contribution in [0.1, 0.15) is 21.5 Å². The zero-order chi connectivity index (χ0) is 19.8. The molecule has 0 aliphatic carbocycles. The summed E-state index contributed by atoms with van der Waals surface area (Å²) in [6.45, 7) is 1.85. The average Bonchev–Trinajstić information content (AvgIpc) is 2.68. The molecule has 4 aromatic rings. The zero-order valence-corrected chi connectivity index (χ0v) is 14.8. The van der Waals surface area contributed by atoms with Crippen LogP contribution < -0.4 is 11.1 Å². The molecule has 0 atom stereocenters. The molecule has 1 N–H and O–H groups in total. The molecule has 2 heterocycles. The lowest BCUT2D eigenvalue weighted by Crippen LogP contribution is -2.13. The van der Waals surface area contributed by atoms with E-state index < -0.39 is 22.7 Å². The fourth-order valence-corrected chi connectivity index (χ4v) is 2.97. The molecule has 6 nitrogen and oxygen atoms in total. The SMILES string of the molecule is Cc1ccc2occ(/C=C/C(=O)c3c(O)c4ccccc4oc3=O)c(=O)c2c1. The second kappa shape index (κ2) is 6.66. The first kappa shape index (κ1) is 17.5. The van der Waals surface area contributed by atoms with Gasteiger partial charge in [0, 0.05) is 0 Å². The summed E-state index contributed by atoms with van der Waals surface area (Å²) in [7, 11) is 0. The number of hydrogen-bond acceptors (Lipinski definition) is 6. The third kappa shape index (κ3) is 2.91. The van der Waals surface area contributed by atoms with Crippen molar-refractivity contribution in [3.8, 4) is 5.75 Å². The summed E-state index contributed by atoms with van der Waals surface area (Å²) in [5, 5.41) is 11.0. The van der Waals surface area contributed by atoms with Gasteiger partial charge in [0.1, 0.15) is 28.7 Å². The number of ketones is 1. The van der Waals surface area contributed by atoms with Crippen molar-refractivity contribution in [2.75, 3.05) is 0 Å². The van der Waals surface area contributed by atoms with Crippen molar-refractivity contribution in [1.82, 2.24) is 0 Å². The maximum atomic E-state index is 12.6. The number of aromatic hydroxyl groups is 1. The van der Waals surface area contributed by atoms with Crippen molar-refractivity contribution >= 4 is 33.8 Å². The minimum absolute atomic E-state index is 0.149. The Kier molecular flexibility index (Phi) is 4.16. The van der Waals surface area contributed by atoms with Gasteiger partial charge in [-0.15, -0.1) is 0 Å². The van der Waals surface area contributed by atoms with Gasteiger partial charge >= 0.3 is 5.63 Å². The van der Waals surface area contributed by atoms with Crippen molar-refractivity contribution in [3.05, 3.63) is 92.1 Å². The fourth-order valence-electron chi connectivity index (χ4n) is 2.97. The van der Waals surface area contributed by atoms with Crippen LogP contribution in [0.15, 0.2) is 73.2 Å². The van der Waals surface area contributed by atoms with Gasteiger partial charge in [-0.05, 0) is 43.3 Å². The Morgan fingerprint density at radius 1 is 1.04 bits per heavy atom. The van der Waals surface area contributed by atoms with Crippen LogP contribution in [0, 0.1) is 6.92 Å². The van der Waals surface area contributed by atoms with Crippen LogP contribution in [-0.2, 0) is 0 Å². The molecule has 28 heavy (non-hydrogen) atoms. The van der Waals surface area contributed by atoms with Gasteiger partial charge in [-0.25, -0.2) is 4.79 Å². The summed E-state index contributed by atoms with van der Waals surface area (Å²) in [5.74, 6) is -1.23. The highest BCUT2D eigenvalue weighted by Gasteiger charge is 2.19. The molecule has 6 heteroatoms. The third-order valence-corrected chi connectivity index (χ3v) is 4.40. The summed E-state index contributed by atoms with van der Waals surface area (Å²) in [6.07, 6.45) is 3.53. The molecule has 0 aliphatic rings. The molecule has 138 valence electrons. The maximum Gasteiger partial charge on any atom is 0.351 e. The number of carbonyl (C=O) groups is 1. The van der Waals surface area contributed by atoms with E-state index in [0.29, 0.717) is 11.0 Å². The lowest BCUT2D eigenvalue weighted by atomic mass is 10.1. The third-order valence-electron chi connectivity index (χ3n) is 4.40.